The van der Waals surface area contributed by atoms with E-state index in [0.717, 1.165) is 31.0 Å². The second-order valence-corrected chi connectivity index (χ2v) is 9.30. The van der Waals surface area contributed by atoms with Crippen LogP contribution in [0.4, 0.5) is 0 Å². The number of fused-ring (bicyclic) bond motifs is 1. The third-order valence-electron chi connectivity index (χ3n) is 7.13. The first-order valence-electron chi connectivity index (χ1n) is 11.1. The average molecular weight is 414 g/mol. The van der Waals surface area contributed by atoms with E-state index in [2.05, 4.69) is 15.1 Å². The van der Waals surface area contributed by atoms with Gasteiger partial charge in [-0.05, 0) is 38.9 Å². The molecule has 0 saturated carbocycles. The molecule has 8 heteroatoms. The number of aryl methyl sites for hydroxylation is 1. The minimum atomic E-state index is -0.631. The highest BCUT2D eigenvalue weighted by atomic mass is 16.5. The molecule has 5 rings (SSSR count). The number of hydrogen-bond donors (Lipinski definition) is 1. The van der Waals surface area contributed by atoms with Crippen molar-refractivity contribution in [3.8, 4) is 0 Å². The summed E-state index contributed by atoms with van der Waals surface area (Å²) in [5.41, 5.74) is 1.15. The van der Waals surface area contributed by atoms with Crippen LogP contribution in [0, 0.1) is 18.8 Å². The smallest absolute Gasteiger partial charge is 0.230 e. The predicted molar refractivity (Wildman–Crippen MR) is 110 cm³/mol. The van der Waals surface area contributed by atoms with Gasteiger partial charge in [-0.2, -0.15) is 5.10 Å². The van der Waals surface area contributed by atoms with Gasteiger partial charge in [0.25, 0.3) is 0 Å². The van der Waals surface area contributed by atoms with Gasteiger partial charge in [0.2, 0.25) is 11.8 Å². The summed E-state index contributed by atoms with van der Waals surface area (Å²) in [6.45, 7) is 6.76. The van der Waals surface area contributed by atoms with Crippen LogP contribution in [0.3, 0.4) is 0 Å². The fraction of sp³-hybridized carbons (Fsp3) is 0.682. The number of carbonyl (C=O) groups excluding carboxylic acids is 2. The van der Waals surface area contributed by atoms with Gasteiger partial charge in [-0.15, -0.1) is 0 Å². The Labute approximate surface area is 177 Å². The zero-order valence-corrected chi connectivity index (χ0v) is 17.8. The Morgan fingerprint density at radius 2 is 2.13 bits per heavy atom. The van der Waals surface area contributed by atoms with E-state index >= 15 is 0 Å². The van der Waals surface area contributed by atoms with Gasteiger partial charge in [-0.1, -0.05) is 18.6 Å². The van der Waals surface area contributed by atoms with Crippen LogP contribution in [0.1, 0.15) is 30.7 Å². The van der Waals surface area contributed by atoms with Crippen LogP contribution < -0.4 is 0 Å². The third kappa shape index (κ3) is 3.26. The van der Waals surface area contributed by atoms with Crippen molar-refractivity contribution in [2.45, 2.75) is 44.4 Å². The molecule has 5 heterocycles. The molecule has 1 aromatic heterocycles. The van der Waals surface area contributed by atoms with E-state index in [4.69, 9.17) is 4.74 Å². The number of piperidine rings is 1. The fourth-order valence-corrected chi connectivity index (χ4v) is 5.63. The van der Waals surface area contributed by atoms with E-state index in [0.29, 0.717) is 19.6 Å². The number of rotatable bonds is 6. The minimum absolute atomic E-state index is 0.0388. The molecule has 4 atom stereocenters. The lowest BCUT2D eigenvalue weighted by molar-refractivity contribution is -0.142. The number of aromatic nitrogens is 2. The summed E-state index contributed by atoms with van der Waals surface area (Å²) in [5, 5.41) is 7.14. The molecule has 0 aromatic carbocycles. The van der Waals surface area contributed by atoms with Crippen LogP contribution >= 0.6 is 0 Å². The molecule has 0 radical (unpaired) electrons. The molecular weight excluding hydrogens is 382 g/mol. The van der Waals surface area contributed by atoms with Crippen LogP contribution in [0.25, 0.3) is 0 Å². The van der Waals surface area contributed by atoms with E-state index in [1.54, 1.807) is 11.9 Å². The summed E-state index contributed by atoms with van der Waals surface area (Å²) in [7, 11) is 1.78. The summed E-state index contributed by atoms with van der Waals surface area (Å²) >= 11 is 0. The number of nitrogens with one attached hydrogen (secondary N) is 1. The number of nitrogens with zero attached hydrogens (tertiary/aromatic N) is 4. The molecular formula is C22H31N5O3. The molecule has 2 amide bonds. The zero-order valence-electron chi connectivity index (χ0n) is 17.8. The highest BCUT2D eigenvalue weighted by Crippen LogP contribution is 2.52. The fourth-order valence-electron chi connectivity index (χ4n) is 5.63. The molecule has 4 aliphatic heterocycles. The van der Waals surface area contributed by atoms with Crippen LogP contribution in [0.5, 0.6) is 0 Å². The van der Waals surface area contributed by atoms with E-state index < -0.39 is 17.4 Å². The minimum Gasteiger partial charge on any atom is -0.360 e. The topological polar surface area (TPSA) is 81.8 Å². The number of ether oxygens (including phenoxy) is 1. The molecule has 2 bridgehead atoms. The van der Waals surface area contributed by atoms with Gasteiger partial charge in [0.1, 0.15) is 5.60 Å². The van der Waals surface area contributed by atoms with Crippen molar-refractivity contribution < 1.29 is 14.3 Å². The van der Waals surface area contributed by atoms with Crippen molar-refractivity contribution in [1.29, 1.82) is 0 Å². The quantitative estimate of drug-likeness (QED) is 0.702. The van der Waals surface area contributed by atoms with Crippen molar-refractivity contribution in [3.05, 3.63) is 29.6 Å². The Bertz CT molecular complexity index is 861. The van der Waals surface area contributed by atoms with Crippen molar-refractivity contribution in [1.82, 2.24) is 24.9 Å². The van der Waals surface area contributed by atoms with Crippen molar-refractivity contribution in [2.75, 3.05) is 39.8 Å². The van der Waals surface area contributed by atoms with Gasteiger partial charge in [-0.25, -0.2) is 0 Å². The standard InChI is InChI=1S/C22H31N5O3/c1-15-12-16(24-23-15)13-25(2)20(28)18-17-6-7-22(30-17)14-27(21(29)19(18)22)11-10-26-8-4-3-5-9-26/h6-7,12,17-19H,3-5,8-11,13-14H2,1-2H3,(H,23,24)/t17-,18+,19-,22-/m0/s1. The zero-order chi connectivity index (χ0) is 20.9. The van der Waals surface area contributed by atoms with Gasteiger partial charge in [0.15, 0.2) is 0 Å². The summed E-state index contributed by atoms with van der Waals surface area (Å²) in [5.74, 6) is -0.832. The second kappa shape index (κ2) is 7.50. The van der Waals surface area contributed by atoms with Crippen LogP contribution in [-0.2, 0) is 20.9 Å². The molecule has 30 heavy (non-hydrogen) atoms. The molecule has 1 aromatic rings. The Morgan fingerprint density at radius 3 is 2.87 bits per heavy atom. The van der Waals surface area contributed by atoms with Gasteiger partial charge >= 0.3 is 0 Å². The lowest BCUT2D eigenvalue weighted by Crippen LogP contribution is -2.45. The molecule has 3 fully saturated rings. The number of likely N-dealkylation sites (tertiary alicyclic amines) is 2. The summed E-state index contributed by atoms with van der Waals surface area (Å²) < 4.78 is 6.26. The van der Waals surface area contributed by atoms with E-state index in [9.17, 15) is 9.59 Å². The van der Waals surface area contributed by atoms with E-state index in [-0.39, 0.29) is 17.9 Å². The first-order valence-corrected chi connectivity index (χ1v) is 11.1. The summed E-state index contributed by atoms with van der Waals surface area (Å²) in [6.07, 6.45) is 7.49. The molecule has 162 valence electrons. The normalized spacial score (nSPS) is 32.8. The first kappa shape index (κ1) is 19.8. The van der Waals surface area contributed by atoms with E-state index in [1.807, 2.05) is 30.0 Å². The summed E-state index contributed by atoms with van der Waals surface area (Å²) in [4.78, 5) is 32.7. The number of amides is 2. The third-order valence-corrected chi connectivity index (χ3v) is 7.13. The highest BCUT2D eigenvalue weighted by molar-refractivity contribution is 5.93. The average Bonchev–Trinajstić information content (AvgIpc) is 3.48. The Hall–Kier alpha value is -2.19. The maximum atomic E-state index is 13.3. The van der Waals surface area contributed by atoms with Crippen LogP contribution in [0.2, 0.25) is 0 Å². The lowest BCUT2D eigenvalue weighted by Gasteiger charge is -2.29. The second-order valence-electron chi connectivity index (χ2n) is 9.30. The molecule has 0 aliphatic carbocycles. The van der Waals surface area contributed by atoms with Gasteiger partial charge in [0.05, 0.1) is 36.7 Å². The molecule has 0 unspecified atom stereocenters. The molecule has 8 nitrogen and oxygen atoms in total. The molecule has 1 spiro atoms. The highest BCUT2D eigenvalue weighted by Gasteiger charge is 2.67. The number of carbonyl (C=O) groups is 2. The summed E-state index contributed by atoms with van der Waals surface area (Å²) in [6, 6.07) is 1.94. The number of H-pyrrole nitrogens is 1. The molecule has 3 saturated heterocycles. The van der Waals surface area contributed by atoms with Crippen molar-refractivity contribution in [2.24, 2.45) is 11.8 Å². The Balaban J connectivity index is 1.27. The van der Waals surface area contributed by atoms with E-state index in [1.165, 1.54) is 19.3 Å². The maximum absolute atomic E-state index is 13.3. The SMILES string of the molecule is Cc1cc(CN(C)C(=O)[C@@H]2[C@@H]3C=C[C@@]4(CN(CCN5CCCCC5)C(=O)[C@H]24)O3)n[nH]1. The lowest BCUT2D eigenvalue weighted by atomic mass is 9.76. The van der Waals surface area contributed by atoms with Crippen LogP contribution in [-0.4, -0.2) is 88.2 Å². The van der Waals surface area contributed by atoms with Gasteiger partial charge in [-0.3, -0.25) is 14.7 Å². The molecule has 1 N–H and O–H groups in total. The first-order chi connectivity index (χ1) is 14.5. The number of hydrogen-bond acceptors (Lipinski definition) is 5. The number of aromatic amines is 1. The van der Waals surface area contributed by atoms with Gasteiger partial charge in [0, 0.05) is 25.8 Å². The van der Waals surface area contributed by atoms with Crippen molar-refractivity contribution in [3.63, 3.8) is 0 Å². The Morgan fingerprint density at radius 1 is 1.33 bits per heavy atom. The predicted octanol–water partition coefficient (Wildman–Crippen LogP) is 0.944. The van der Waals surface area contributed by atoms with Crippen molar-refractivity contribution >= 4 is 11.8 Å². The maximum Gasteiger partial charge on any atom is 0.230 e. The van der Waals surface area contributed by atoms with Gasteiger partial charge < -0.3 is 19.4 Å². The largest absolute Gasteiger partial charge is 0.360 e. The monoisotopic (exact) mass is 413 g/mol. The molecule has 4 aliphatic rings. The Kier molecular flexibility index (Phi) is 4.94. The van der Waals surface area contributed by atoms with Crippen LogP contribution in [0.15, 0.2) is 18.2 Å².